The second-order valence-corrected chi connectivity index (χ2v) is 12.2. The Bertz CT molecular complexity index is 703. The van der Waals surface area contributed by atoms with Crippen LogP contribution in [-0.2, 0) is 33.2 Å². The number of hydrogen-bond donors (Lipinski definition) is 0. The summed E-state index contributed by atoms with van der Waals surface area (Å²) < 4.78 is 34.8. The van der Waals surface area contributed by atoms with Gasteiger partial charge in [-0.1, -0.05) is 20.8 Å². The number of carbonyl (C=O) groups is 1. The molecule has 11 atom stereocenters. The van der Waals surface area contributed by atoms with E-state index < -0.39 is 0 Å². The number of carbonyl (C=O) groups excluding carboxylic acids is 1. The lowest BCUT2D eigenvalue weighted by Gasteiger charge is -2.63. The van der Waals surface area contributed by atoms with Crippen molar-refractivity contribution in [1.29, 1.82) is 0 Å². The topological polar surface area (TPSA) is 72.5 Å². The van der Waals surface area contributed by atoms with Crippen molar-refractivity contribution in [3.8, 4) is 0 Å². The van der Waals surface area contributed by atoms with Crippen LogP contribution in [0.2, 0.25) is 0 Å². The van der Waals surface area contributed by atoms with Gasteiger partial charge in [0.2, 0.25) is 0 Å². The molecule has 4 aliphatic rings. The molecule has 4 aliphatic carbocycles. The minimum atomic E-state index is 0.0380. The lowest BCUT2D eigenvalue weighted by molar-refractivity contribution is -0.223. The monoisotopic (exact) mass is 496 g/mol. The fourth-order valence-electron chi connectivity index (χ4n) is 9.20. The van der Waals surface area contributed by atoms with Gasteiger partial charge in [0.05, 0.1) is 18.3 Å². The molecule has 0 aromatic heterocycles. The van der Waals surface area contributed by atoms with Crippen LogP contribution in [0, 0.1) is 46.3 Å². The number of methoxy groups -OCH3 is 3. The van der Waals surface area contributed by atoms with E-state index in [-0.39, 0.29) is 35.1 Å². The zero-order chi connectivity index (χ0) is 25.2. The Hall–Kier alpha value is -0.570. The van der Waals surface area contributed by atoms with Crippen LogP contribution in [0.3, 0.4) is 0 Å². The van der Waals surface area contributed by atoms with Gasteiger partial charge < -0.3 is 33.2 Å². The minimum Gasteiger partial charge on any atom is -0.359 e. The highest BCUT2D eigenvalue weighted by Crippen LogP contribution is 2.69. The van der Waals surface area contributed by atoms with Gasteiger partial charge in [0.1, 0.15) is 26.7 Å². The Balaban J connectivity index is 1.65. The van der Waals surface area contributed by atoms with Gasteiger partial charge >= 0.3 is 0 Å². The Morgan fingerprint density at radius 1 is 0.800 bits per heavy atom. The fourth-order valence-corrected chi connectivity index (χ4v) is 9.20. The highest BCUT2D eigenvalue weighted by molar-refractivity contribution is 5.54. The third kappa shape index (κ3) is 4.98. The van der Waals surface area contributed by atoms with Crippen LogP contribution in [0.5, 0.6) is 0 Å². The Labute approximate surface area is 211 Å². The molecule has 0 unspecified atom stereocenters. The second kappa shape index (κ2) is 11.4. The third-order valence-corrected chi connectivity index (χ3v) is 10.7. The van der Waals surface area contributed by atoms with Crippen LogP contribution in [0.15, 0.2) is 0 Å². The molecule has 4 rings (SSSR count). The van der Waals surface area contributed by atoms with E-state index in [0.717, 1.165) is 44.8 Å². The van der Waals surface area contributed by atoms with E-state index in [4.69, 9.17) is 28.4 Å². The summed E-state index contributed by atoms with van der Waals surface area (Å²) in [6, 6.07) is 0. The summed E-state index contributed by atoms with van der Waals surface area (Å²) in [5.41, 5.74) is 0.281. The Morgan fingerprint density at radius 2 is 1.43 bits per heavy atom. The van der Waals surface area contributed by atoms with Crippen molar-refractivity contribution in [2.45, 2.75) is 84.0 Å². The van der Waals surface area contributed by atoms with Crippen LogP contribution in [-0.4, -0.2) is 66.3 Å². The molecule has 4 saturated carbocycles. The van der Waals surface area contributed by atoms with Gasteiger partial charge in [-0.3, -0.25) is 0 Å². The van der Waals surface area contributed by atoms with Gasteiger partial charge in [0, 0.05) is 27.2 Å². The lowest BCUT2D eigenvalue weighted by atomic mass is 9.43. The quantitative estimate of drug-likeness (QED) is 0.304. The smallest absolute Gasteiger partial charge is 0.146 e. The number of aldehydes is 1. The molecule has 0 radical (unpaired) electrons. The molecular weight excluding hydrogens is 448 g/mol. The summed E-state index contributed by atoms with van der Waals surface area (Å²) >= 11 is 0. The minimum absolute atomic E-state index is 0.0380. The summed E-state index contributed by atoms with van der Waals surface area (Å²) in [5, 5.41) is 0. The maximum absolute atomic E-state index is 11.9. The molecule has 0 spiro atoms. The molecule has 0 amide bonds. The molecule has 0 saturated heterocycles. The van der Waals surface area contributed by atoms with E-state index in [1.165, 1.54) is 6.42 Å². The average Bonchev–Trinajstić information content (AvgIpc) is 3.16. The summed E-state index contributed by atoms with van der Waals surface area (Å²) in [5.74, 6) is 2.33. The van der Waals surface area contributed by atoms with Crippen LogP contribution in [0.25, 0.3) is 0 Å². The summed E-state index contributed by atoms with van der Waals surface area (Å²) in [4.78, 5) is 11.9. The molecular formula is C28H48O7. The van der Waals surface area contributed by atoms with E-state index in [1.54, 1.807) is 21.3 Å². The largest absolute Gasteiger partial charge is 0.359 e. The van der Waals surface area contributed by atoms with Gasteiger partial charge in [-0.05, 0) is 85.4 Å². The number of ether oxygens (including phenoxy) is 6. The number of hydrogen-bond acceptors (Lipinski definition) is 7. The van der Waals surface area contributed by atoms with Crippen LogP contribution < -0.4 is 0 Å². The number of rotatable bonds is 11. The predicted octanol–water partition coefficient (Wildman–Crippen LogP) is 4.67. The lowest BCUT2D eigenvalue weighted by Crippen LogP contribution is -2.60. The molecule has 0 aromatic rings. The molecule has 7 heteroatoms. The molecule has 7 nitrogen and oxygen atoms in total. The zero-order valence-corrected chi connectivity index (χ0v) is 22.7. The van der Waals surface area contributed by atoms with Gasteiger partial charge in [0.15, 0.2) is 0 Å². The van der Waals surface area contributed by atoms with Gasteiger partial charge in [-0.25, -0.2) is 0 Å². The second-order valence-electron chi connectivity index (χ2n) is 12.2. The normalized spacial score (nSPS) is 45.9. The molecule has 35 heavy (non-hydrogen) atoms. The maximum atomic E-state index is 11.9. The highest BCUT2D eigenvalue weighted by Gasteiger charge is 2.65. The van der Waals surface area contributed by atoms with Crippen molar-refractivity contribution in [2.24, 2.45) is 46.3 Å². The van der Waals surface area contributed by atoms with Crippen molar-refractivity contribution in [1.82, 2.24) is 0 Å². The van der Waals surface area contributed by atoms with E-state index in [2.05, 4.69) is 20.8 Å². The first-order valence-electron chi connectivity index (χ1n) is 13.6. The molecule has 0 aliphatic heterocycles. The van der Waals surface area contributed by atoms with Crippen molar-refractivity contribution >= 4 is 6.29 Å². The van der Waals surface area contributed by atoms with Gasteiger partial charge in [0.25, 0.3) is 0 Å². The molecule has 0 aromatic carbocycles. The third-order valence-electron chi connectivity index (χ3n) is 10.7. The van der Waals surface area contributed by atoms with Gasteiger partial charge in [-0.15, -0.1) is 0 Å². The average molecular weight is 497 g/mol. The molecule has 0 heterocycles. The first-order chi connectivity index (χ1) is 16.8. The predicted molar refractivity (Wildman–Crippen MR) is 131 cm³/mol. The zero-order valence-electron chi connectivity index (χ0n) is 22.7. The van der Waals surface area contributed by atoms with E-state index in [1.807, 2.05) is 0 Å². The number of fused-ring (bicyclic) bond motifs is 5. The van der Waals surface area contributed by atoms with E-state index in [9.17, 15) is 4.79 Å². The standard InChI is InChI=1S/C28H48O7/c1-18(14-29)22-13-25(35-17-32-6)26-20-12-24(34-16-31-5)23-11-19(33-15-30-4)7-9-27(23,2)21(20)8-10-28(22,26)3/h14,18-26H,7-13,15-17H2,1-6H3/t18-,19+,20-,21+,22-,23-,24+,25-,26-,27-,28-/m1/s1. The van der Waals surface area contributed by atoms with Crippen LogP contribution in [0.1, 0.15) is 65.7 Å². The maximum Gasteiger partial charge on any atom is 0.146 e. The van der Waals surface area contributed by atoms with Crippen LogP contribution >= 0.6 is 0 Å². The van der Waals surface area contributed by atoms with E-state index in [0.29, 0.717) is 50.0 Å². The van der Waals surface area contributed by atoms with Crippen molar-refractivity contribution < 1.29 is 33.2 Å². The molecule has 202 valence electrons. The summed E-state index contributed by atoms with van der Waals surface area (Å²) in [7, 11) is 5.07. The first kappa shape index (κ1) is 27.5. The van der Waals surface area contributed by atoms with E-state index >= 15 is 0 Å². The Morgan fingerprint density at radius 3 is 2.09 bits per heavy atom. The SMILES string of the molecule is COCO[C@H]1CC[C@@]2(C)[C@H](C1)[C@@H](OCOC)C[C@H]1[C@@H]3[C@H](OCOC)C[C@H]([C@H](C)C=O)[C@@]3(C)CC[C@@H]12. The van der Waals surface area contributed by atoms with Crippen molar-refractivity contribution in [3.63, 3.8) is 0 Å². The fraction of sp³-hybridized carbons (Fsp3) is 0.964. The molecule has 0 bridgehead atoms. The molecule has 0 N–H and O–H groups in total. The first-order valence-corrected chi connectivity index (χ1v) is 13.6. The van der Waals surface area contributed by atoms with Crippen molar-refractivity contribution in [2.75, 3.05) is 41.7 Å². The Kier molecular flexibility index (Phi) is 8.98. The van der Waals surface area contributed by atoms with Gasteiger partial charge in [-0.2, -0.15) is 0 Å². The molecule has 4 fully saturated rings. The van der Waals surface area contributed by atoms with Crippen molar-refractivity contribution in [3.05, 3.63) is 0 Å². The summed E-state index contributed by atoms with van der Waals surface area (Å²) in [6.07, 6.45) is 9.14. The highest BCUT2D eigenvalue weighted by atomic mass is 16.7. The summed E-state index contributed by atoms with van der Waals surface area (Å²) in [6.45, 7) is 8.00. The van der Waals surface area contributed by atoms with Crippen LogP contribution in [0.4, 0.5) is 0 Å².